The molecule has 8 heteroatoms. The highest BCUT2D eigenvalue weighted by molar-refractivity contribution is 7.07. The van der Waals surface area contributed by atoms with E-state index in [1.54, 1.807) is 38.4 Å². The maximum absolute atomic E-state index is 5.56. The summed E-state index contributed by atoms with van der Waals surface area (Å²) in [6.45, 7) is 0. The number of nitrogens with zero attached hydrogens (tertiary/aromatic N) is 5. The minimum absolute atomic E-state index is 0.664. The van der Waals surface area contributed by atoms with E-state index in [0.717, 1.165) is 32.8 Å². The highest BCUT2D eigenvalue weighted by atomic mass is 32.1. The zero-order valence-electron chi connectivity index (χ0n) is 16.2. The molecule has 2 aromatic carbocycles. The van der Waals surface area contributed by atoms with Crippen molar-refractivity contribution in [1.82, 2.24) is 14.6 Å². The van der Waals surface area contributed by atoms with E-state index in [-0.39, 0.29) is 0 Å². The van der Waals surface area contributed by atoms with Gasteiger partial charge in [0.2, 0.25) is 4.80 Å². The zero-order valence-corrected chi connectivity index (χ0v) is 17.1. The van der Waals surface area contributed by atoms with Crippen LogP contribution in [0.4, 0.5) is 0 Å². The van der Waals surface area contributed by atoms with Gasteiger partial charge in [0, 0.05) is 24.1 Å². The molecule has 146 valence electrons. The molecule has 0 amide bonds. The first-order valence-electron chi connectivity index (χ1n) is 8.85. The SMILES string of the molecule is CN=c1scc(-c2ccc(OC)cc2OC)n1/N=C\c1cnc2ccccc2n1. The molecule has 2 aromatic heterocycles. The minimum Gasteiger partial charge on any atom is -0.497 e. The summed E-state index contributed by atoms with van der Waals surface area (Å²) in [5, 5.41) is 6.62. The lowest BCUT2D eigenvalue weighted by atomic mass is 10.1. The molecular formula is C21H19N5O2S. The zero-order chi connectivity index (χ0) is 20.2. The van der Waals surface area contributed by atoms with Crippen LogP contribution in [0.2, 0.25) is 0 Å². The molecule has 0 atom stereocenters. The number of ether oxygens (including phenoxy) is 2. The van der Waals surface area contributed by atoms with Crippen molar-refractivity contribution >= 4 is 28.6 Å². The summed E-state index contributed by atoms with van der Waals surface area (Å²) in [5.41, 5.74) is 4.09. The smallest absolute Gasteiger partial charge is 0.205 e. The Morgan fingerprint density at radius 3 is 2.66 bits per heavy atom. The first kappa shape index (κ1) is 18.8. The molecule has 0 aliphatic heterocycles. The first-order valence-corrected chi connectivity index (χ1v) is 9.73. The lowest BCUT2D eigenvalue weighted by Crippen LogP contribution is -2.12. The second kappa shape index (κ2) is 8.24. The third-order valence-corrected chi connectivity index (χ3v) is 5.24. The number of hydrogen-bond donors (Lipinski definition) is 0. The summed E-state index contributed by atoms with van der Waals surface area (Å²) in [7, 11) is 5.00. The largest absolute Gasteiger partial charge is 0.497 e. The molecule has 0 bridgehead atoms. The predicted octanol–water partition coefficient (Wildman–Crippen LogP) is 3.59. The van der Waals surface area contributed by atoms with Gasteiger partial charge in [-0.2, -0.15) is 5.10 Å². The van der Waals surface area contributed by atoms with E-state index >= 15 is 0 Å². The van der Waals surface area contributed by atoms with Crippen molar-refractivity contribution < 1.29 is 9.47 Å². The van der Waals surface area contributed by atoms with Gasteiger partial charge in [0.25, 0.3) is 0 Å². The van der Waals surface area contributed by atoms with Crippen LogP contribution in [0.1, 0.15) is 5.69 Å². The summed E-state index contributed by atoms with van der Waals surface area (Å²) in [6, 6.07) is 13.4. The quantitative estimate of drug-likeness (QED) is 0.476. The average molecular weight is 405 g/mol. The van der Waals surface area contributed by atoms with Crippen molar-refractivity contribution in [3.05, 3.63) is 64.5 Å². The molecule has 0 fully saturated rings. The van der Waals surface area contributed by atoms with Gasteiger partial charge < -0.3 is 9.47 Å². The summed E-state index contributed by atoms with van der Waals surface area (Å²) in [4.78, 5) is 14.1. The average Bonchev–Trinajstić information content (AvgIpc) is 3.19. The van der Waals surface area contributed by atoms with Crippen LogP contribution in [-0.4, -0.2) is 42.1 Å². The van der Waals surface area contributed by atoms with E-state index in [0.29, 0.717) is 11.4 Å². The van der Waals surface area contributed by atoms with Crippen molar-refractivity contribution in [2.24, 2.45) is 10.1 Å². The second-order valence-electron chi connectivity index (χ2n) is 6.03. The van der Waals surface area contributed by atoms with E-state index in [1.807, 2.05) is 47.8 Å². The summed E-state index contributed by atoms with van der Waals surface area (Å²) in [6.07, 6.45) is 3.38. The number of hydrogen-bond acceptors (Lipinski definition) is 7. The molecule has 4 aromatic rings. The van der Waals surface area contributed by atoms with Crippen molar-refractivity contribution in [3.63, 3.8) is 0 Å². The summed E-state index contributed by atoms with van der Waals surface area (Å²) in [5.74, 6) is 1.42. The summed E-state index contributed by atoms with van der Waals surface area (Å²) < 4.78 is 12.6. The number of aromatic nitrogens is 3. The van der Waals surface area contributed by atoms with E-state index in [2.05, 4.69) is 20.1 Å². The highest BCUT2D eigenvalue weighted by Gasteiger charge is 2.13. The van der Waals surface area contributed by atoms with Crippen LogP contribution in [0.5, 0.6) is 11.5 Å². The van der Waals surface area contributed by atoms with Crippen LogP contribution in [0.3, 0.4) is 0 Å². The lowest BCUT2D eigenvalue weighted by Gasteiger charge is -2.10. The van der Waals surface area contributed by atoms with Gasteiger partial charge in [-0.3, -0.25) is 9.98 Å². The van der Waals surface area contributed by atoms with Crippen LogP contribution in [0, 0.1) is 0 Å². The fraction of sp³-hybridized carbons (Fsp3) is 0.143. The normalized spacial score (nSPS) is 12.0. The minimum atomic E-state index is 0.664. The fourth-order valence-electron chi connectivity index (χ4n) is 2.91. The molecule has 0 radical (unpaired) electrons. The molecule has 2 heterocycles. The Bertz CT molecular complexity index is 1260. The first-order chi connectivity index (χ1) is 14.2. The van der Waals surface area contributed by atoms with Crippen molar-refractivity contribution in [2.45, 2.75) is 0 Å². The van der Waals surface area contributed by atoms with Crippen LogP contribution in [-0.2, 0) is 0 Å². The standard InChI is InChI=1S/C21H19N5O2S/c1-22-21-26(24-12-14-11-23-17-6-4-5-7-18(17)25-14)19(13-29-21)16-9-8-15(27-2)10-20(16)28-3/h4-13H,1-3H3/b22-21?,24-12-. The Hall–Kier alpha value is -3.52. The molecule has 0 saturated carbocycles. The van der Waals surface area contributed by atoms with Crippen LogP contribution in [0.25, 0.3) is 22.3 Å². The van der Waals surface area contributed by atoms with Gasteiger partial charge in [0.05, 0.1) is 43.4 Å². The van der Waals surface area contributed by atoms with Gasteiger partial charge in [-0.05, 0) is 24.3 Å². The Morgan fingerprint density at radius 1 is 1.07 bits per heavy atom. The molecule has 0 aliphatic rings. The molecule has 4 rings (SSSR count). The second-order valence-corrected chi connectivity index (χ2v) is 6.87. The van der Waals surface area contributed by atoms with Crippen LogP contribution in [0.15, 0.2) is 64.1 Å². The molecule has 0 aliphatic carbocycles. The molecular weight excluding hydrogens is 386 g/mol. The number of fused-ring (bicyclic) bond motifs is 1. The Balaban J connectivity index is 1.78. The Labute approximate surface area is 171 Å². The topological polar surface area (TPSA) is 73.9 Å². The third kappa shape index (κ3) is 3.74. The number of methoxy groups -OCH3 is 2. The van der Waals surface area contributed by atoms with Crippen molar-refractivity contribution in [2.75, 3.05) is 21.3 Å². The molecule has 29 heavy (non-hydrogen) atoms. The van der Waals surface area contributed by atoms with E-state index in [4.69, 9.17) is 9.47 Å². The van der Waals surface area contributed by atoms with Crippen molar-refractivity contribution in [3.8, 4) is 22.8 Å². The van der Waals surface area contributed by atoms with Crippen LogP contribution < -0.4 is 14.3 Å². The number of thiazole rings is 1. The number of para-hydroxylation sites is 2. The summed E-state index contributed by atoms with van der Waals surface area (Å²) >= 11 is 1.50. The monoisotopic (exact) mass is 405 g/mol. The van der Waals surface area contributed by atoms with Gasteiger partial charge >= 0.3 is 0 Å². The van der Waals surface area contributed by atoms with E-state index < -0.39 is 0 Å². The molecule has 0 spiro atoms. The molecule has 7 nitrogen and oxygen atoms in total. The van der Waals surface area contributed by atoms with Crippen LogP contribution >= 0.6 is 11.3 Å². The fourth-order valence-corrected chi connectivity index (χ4v) is 3.70. The Kier molecular flexibility index (Phi) is 5.35. The Morgan fingerprint density at radius 2 is 1.90 bits per heavy atom. The van der Waals surface area contributed by atoms with Gasteiger partial charge in [-0.25, -0.2) is 9.66 Å². The maximum Gasteiger partial charge on any atom is 0.205 e. The predicted molar refractivity (Wildman–Crippen MR) is 115 cm³/mol. The van der Waals surface area contributed by atoms with Crippen molar-refractivity contribution in [1.29, 1.82) is 0 Å². The molecule has 0 N–H and O–H groups in total. The molecule has 0 unspecified atom stereocenters. The molecule has 0 saturated heterocycles. The van der Waals surface area contributed by atoms with Gasteiger partial charge in [0.15, 0.2) is 0 Å². The third-order valence-electron chi connectivity index (χ3n) is 4.33. The number of benzene rings is 2. The van der Waals surface area contributed by atoms with E-state index in [9.17, 15) is 0 Å². The number of rotatable bonds is 5. The highest BCUT2D eigenvalue weighted by Crippen LogP contribution is 2.33. The van der Waals surface area contributed by atoms with E-state index in [1.165, 1.54) is 11.3 Å². The van der Waals surface area contributed by atoms with Gasteiger partial charge in [0.1, 0.15) is 17.2 Å². The lowest BCUT2D eigenvalue weighted by molar-refractivity contribution is 0.395. The van der Waals surface area contributed by atoms with Gasteiger partial charge in [-0.1, -0.05) is 12.1 Å². The maximum atomic E-state index is 5.56. The van der Waals surface area contributed by atoms with Gasteiger partial charge in [-0.15, -0.1) is 11.3 Å².